The maximum Gasteiger partial charge on any atom is 0.293 e. The van der Waals surface area contributed by atoms with E-state index in [1.54, 1.807) is 29.0 Å². The summed E-state index contributed by atoms with van der Waals surface area (Å²) in [5.74, 6) is 2.06. The molecule has 0 N–H and O–H groups in total. The average molecular weight is 462 g/mol. The Kier molecular flexibility index (Phi) is 5.91. The van der Waals surface area contributed by atoms with Gasteiger partial charge in [0.15, 0.2) is 0 Å². The van der Waals surface area contributed by atoms with Crippen LogP contribution in [0.2, 0.25) is 0 Å². The molecular formula is C25H27N5O4. The lowest BCUT2D eigenvalue weighted by Crippen LogP contribution is -2.38. The zero-order valence-electron chi connectivity index (χ0n) is 19.5. The van der Waals surface area contributed by atoms with E-state index in [-0.39, 0.29) is 17.7 Å². The molecule has 5 rings (SSSR count). The molecule has 1 aliphatic heterocycles. The lowest BCUT2D eigenvalue weighted by molar-refractivity contribution is 0.0528. The number of rotatable bonds is 6. The standard InChI is InChI=1S/C25H27N5O4/c1-16-19(15-29(2)27-16)20-13-23(34-28-20)25(31)30-11-7-6-9-21(30)24-26-14-18(33-24)12-17-8-4-5-10-22(17)32-3/h4-5,8,10,13-15,21H,6-7,9,11-12H2,1-3H3/t21-/m0/s1. The van der Waals surface area contributed by atoms with Crippen LogP contribution in [0.25, 0.3) is 11.3 Å². The number of hydrogen-bond donors (Lipinski definition) is 0. The molecule has 1 fully saturated rings. The van der Waals surface area contributed by atoms with Gasteiger partial charge in [0.2, 0.25) is 11.7 Å². The van der Waals surface area contributed by atoms with Crippen LogP contribution in [0.1, 0.15) is 58.8 Å². The summed E-state index contributed by atoms with van der Waals surface area (Å²) < 4.78 is 18.7. The van der Waals surface area contributed by atoms with Crippen LogP contribution in [-0.4, -0.2) is 44.4 Å². The summed E-state index contributed by atoms with van der Waals surface area (Å²) in [7, 11) is 3.50. The summed E-state index contributed by atoms with van der Waals surface area (Å²) in [6.07, 6.45) is 6.85. The summed E-state index contributed by atoms with van der Waals surface area (Å²) >= 11 is 0. The van der Waals surface area contributed by atoms with Crippen LogP contribution in [-0.2, 0) is 13.5 Å². The van der Waals surface area contributed by atoms with Gasteiger partial charge >= 0.3 is 0 Å². The van der Waals surface area contributed by atoms with Crippen LogP contribution < -0.4 is 4.74 Å². The Morgan fingerprint density at radius 3 is 2.91 bits per heavy atom. The Labute approximate surface area is 197 Å². The Hall–Kier alpha value is -3.88. The SMILES string of the molecule is COc1ccccc1Cc1cnc([C@@H]2CCCCN2C(=O)c2cc(-c3cn(C)nc3C)no2)o1. The highest BCUT2D eigenvalue weighted by Crippen LogP contribution is 2.33. The van der Waals surface area contributed by atoms with Crippen molar-refractivity contribution < 1.29 is 18.5 Å². The molecule has 1 atom stereocenters. The summed E-state index contributed by atoms with van der Waals surface area (Å²) in [5.41, 5.74) is 3.28. The Morgan fingerprint density at radius 2 is 2.12 bits per heavy atom. The molecule has 1 saturated heterocycles. The highest BCUT2D eigenvalue weighted by atomic mass is 16.5. The Morgan fingerprint density at radius 1 is 1.26 bits per heavy atom. The lowest BCUT2D eigenvalue weighted by Gasteiger charge is -2.32. The van der Waals surface area contributed by atoms with Crippen molar-refractivity contribution in [2.75, 3.05) is 13.7 Å². The van der Waals surface area contributed by atoms with Crippen molar-refractivity contribution in [2.45, 2.75) is 38.6 Å². The Bertz CT molecular complexity index is 1300. The number of carbonyl (C=O) groups is 1. The van der Waals surface area contributed by atoms with Crippen molar-refractivity contribution in [1.29, 1.82) is 0 Å². The van der Waals surface area contributed by atoms with Crippen molar-refractivity contribution in [3.05, 3.63) is 71.4 Å². The summed E-state index contributed by atoms with van der Waals surface area (Å²) in [6, 6.07) is 9.26. The molecule has 176 valence electrons. The molecule has 1 amide bonds. The molecule has 1 aliphatic rings. The quantitative estimate of drug-likeness (QED) is 0.421. The normalized spacial score (nSPS) is 16.1. The molecule has 0 bridgehead atoms. The minimum absolute atomic E-state index is 0.200. The van der Waals surface area contributed by atoms with Gasteiger partial charge in [-0.15, -0.1) is 0 Å². The van der Waals surface area contributed by atoms with Gasteiger partial charge in [-0.1, -0.05) is 23.4 Å². The summed E-state index contributed by atoms with van der Waals surface area (Å²) in [6.45, 7) is 2.51. The van der Waals surface area contributed by atoms with E-state index in [9.17, 15) is 4.79 Å². The van der Waals surface area contributed by atoms with Gasteiger partial charge in [-0.3, -0.25) is 9.48 Å². The minimum atomic E-state index is -0.249. The number of ether oxygens (including phenoxy) is 1. The van der Waals surface area contributed by atoms with E-state index in [0.717, 1.165) is 47.6 Å². The average Bonchev–Trinajstić information content (AvgIpc) is 3.59. The van der Waals surface area contributed by atoms with Crippen molar-refractivity contribution in [3.63, 3.8) is 0 Å². The van der Waals surface area contributed by atoms with E-state index in [1.807, 2.05) is 44.4 Å². The first-order valence-corrected chi connectivity index (χ1v) is 11.4. The number of benzene rings is 1. The van der Waals surface area contributed by atoms with Gasteiger partial charge in [0.1, 0.15) is 23.2 Å². The molecule has 0 radical (unpaired) electrons. The predicted molar refractivity (Wildman–Crippen MR) is 123 cm³/mol. The third-order valence-corrected chi connectivity index (χ3v) is 6.19. The van der Waals surface area contributed by atoms with Gasteiger partial charge in [-0.2, -0.15) is 5.10 Å². The molecular weight excluding hydrogens is 434 g/mol. The van der Waals surface area contributed by atoms with E-state index >= 15 is 0 Å². The number of amides is 1. The van der Waals surface area contributed by atoms with Crippen molar-refractivity contribution >= 4 is 5.91 Å². The fourth-order valence-corrected chi connectivity index (χ4v) is 4.52. The third kappa shape index (κ3) is 4.21. The number of carbonyl (C=O) groups excluding carboxylic acids is 1. The highest BCUT2D eigenvalue weighted by Gasteiger charge is 2.34. The van der Waals surface area contributed by atoms with Crippen LogP contribution in [0.15, 0.2) is 51.7 Å². The number of oxazole rings is 1. The number of hydrogen-bond acceptors (Lipinski definition) is 7. The van der Waals surface area contributed by atoms with E-state index in [2.05, 4.69) is 15.2 Å². The van der Waals surface area contributed by atoms with Gasteiger partial charge < -0.3 is 18.6 Å². The second-order valence-electron chi connectivity index (χ2n) is 8.54. The van der Waals surface area contributed by atoms with E-state index in [1.165, 1.54) is 0 Å². The van der Waals surface area contributed by atoms with Crippen LogP contribution in [0.5, 0.6) is 5.75 Å². The van der Waals surface area contributed by atoms with Gasteiger partial charge in [-0.05, 0) is 32.3 Å². The molecule has 3 aromatic heterocycles. The molecule has 9 heteroatoms. The van der Waals surface area contributed by atoms with Crippen LogP contribution in [0, 0.1) is 6.92 Å². The zero-order chi connectivity index (χ0) is 23.7. The first kappa shape index (κ1) is 21.9. The van der Waals surface area contributed by atoms with Crippen LogP contribution >= 0.6 is 0 Å². The fraction of sp³-hybridized carbons (Fsp3) is 0.360. The second-order valence-corrected chi connectivity index (χ2v) is 8.54. The van der Waals surface area contributed by atoms with Crippen molar-refractivity contribution in [3.8, 4) is 17.0 Å². The number of likely N-dealkylation sites (tertiary alicyclic amines) is 1. The van der Waals surface area contributed by atoms with E-state index in [4.69, 9.17) is 13.7 Å². The van der Waals surface area contributed by atoms with Crippen molar-refractivity contribution in [1.82, 2.24) is 24.8 Å². The number of aromatic nitrogens is 4. The predicted octanol–water partition coefficient (Wildman–Crippen LogP) is 4.34. The molecule has 1 aromatic carbocycles. The first-order chi connectivity index (χ1) is 16.5. The van der Waals surface area contributed by atoms with Gasteiger partial charge in [0.25, 0.3) is 5.91 Å². The fourth-order valence-electron chi connectivity index (χ4n) is 4.52. The van der Waals surface area contributed by atoms with Gasteiger partial charge in [0, 0.05) is 43.4 Å². The topological polar surface area (TPSA) is 99.4 Å². The molecule has 34 heavy (non-hydrogen) atoms. The van der Waals surface area contributed by atoms with E-state index < -0.39 is 0 Å². The maximum atomic E-state index is 13.4. The molecule has 0 spiro atoms. The number of methoxy groups -OCH3 is 1. The third-order valence-electron chi connectivity index (χ3n) is 6.19. The first-order valence-electron chi connectivity index (χ1n) is 11.4. The lowest BCUT2D eigenvalue weighted by atomic mass is 10.0. The Balaban J connectivity index is 1.36. The minimum Gasteiger partial charge on any atom is -0.496 e. The zero-order valence-corrected chi connectivity index (χ0v) is 19.5. The molecule has 9 nitrogen and oxygen atoms in total. The molecule has 0 saturated carbocycles. The molecule has 0 unspecified atom stereocenters. The molecule has 0 aliphatic carbocycles. The van der Waals surface area contributed by atoms with Gasteiger partial charge in [-0.25, -0.2) is 4.98 Å². The van der Waals surface area contributed by atoms with Crippen LogP contribution in [0.3, 0.4) is 0 Å². The highest BCUT2D eigenvalue weighted by molar-refractivity contribution is 5.92. The maximum absolute atomic E-state index is 13.4. The second kappa shape index (κ2) is 9.17. The van der Waals surface area contributed by atoms with Gasteiger partial charge in [0.05, 0.1) is 19.0 Å². The number of piperidine rings is 1. The largest absolute Gasteiger partial charge is 0.496 e. The monoisotopic (exact) mass is 461 g/mol. The molecule has 4 aromatic rings. The summed E-state index contributed by atoms with van der Waals surface area (Å²) in [5, 5.41) is 8.45. The van der Waals surface area contributed by atoms with Crippen LogP contribution in [0.4, 0.5) is 0 Å². The number of aryl methyl sites for hydroxylation is 2. The number of nitrogens with zero attached hydrogens (tertiary/aromatic N) is 5. The van der Waals surface area contributed by atoms with E-state index in [0.29, 0.717) is 24.6 Å². The smallest absolute Gasteiger partial charge is 0.293 e. The summed E-state index contributed by atoms with van der Waals surface area (Å²) in [4.78, 5) is 19.7. The van der Waals surface area contributed by atoms with Crippen molar-refractivity contribution in [2.24, 2.45) is 7.05 Å². The molecule has 4 heterocycles. The number of para-hydroxylation sites is 1.